The monoisotopic (exact) mass is 528 g/mol. The Morgan fingerprint density at radius 3 is 2.37 bits per heavy atom. The summed E-state index contributed by atoms with van der Waals surface area (Å²) in [5.74, 6) is -7.23. The number of nitrogens with zero attached hydrogens (tertiary/aromatic N) is 2. The molecular weight excluding hydrogens is 496 g/mol. The summed E-state index contributed by atoms with van der Waals surface area (Å²) in [5.41, 5.74) is 2.63. The standard InChI is InChI=1S/C26H32N4O8/c1-5-30(6-2)15-9-14(28-10-31)20(32)17-12(15)7-11-8-13-19(29(3)4)22(34)18(25(27)37)24(36)26(13,38)23(35)16(11)21(17)33/h9-11,13,19,32-33,36,38H,5-8H2,1-4H3,(H2,27,37)(H,28,31)/t11?,13?,19-,26-/m0/s1. The molecule has 0 saturated heterocycles. The Bertz CT molecular complexity index is 1310. The number of phenolic OH excluding ortho intramolecular Hbond substituents is 1. The molecule has 0 radical (unpaired) electrons. The SMILES string of the molecule is CCN(CC)c1cc(NC=O)c(O)c2c1CC1CC3[C@H](N(C)C)C(=O)C(C(N)=O)=C(O)[C@@]3(O)C(=O)C1=C2O. The number of amides is 2. The Labute approximate surface area is 219 Å². The number of primary amides is 1. The van der Waals surface area contributed by atoms with Crippen LogP contribution in [0.15, 0.2) is 23.0 Å². The summed E-state index contributed by atoms with van der Waals surface area (Å²) in [4.78, 5) is 53.8. The number of aliphatic hydroxyl groups is 3. The highest BCUT2D eigenvalue weighted by Crippen LogP contribution is 2.54. The van der Waals surface area contributed by atoms with Gasteiger partial charge in [0.2, 0.25) is 12.2 Å². The third-order valence-corrected chi connectivity index (χ3v) is 8.02. The molecule has 38 heavy (non-hydrogen) atoms. The lowest BCUT2D eigenvalue weighted by atomic mass is 9.57. The summed E-state index contributed by atoms with van der Waals surface area (Å²) in [6, 6.07) is 0.442. The highest BCUT2D eigenvalue weighted by atomic mass is 16.3. The second-order valence-electron chi connectivity index (χ2n) is 10.0. The molecule has 0 aliphatic heterocycles. The van der Waals surface area contributed by atoms with Gasteiger partial charge in [-0.25, -0.2) is 0 Å². The quantitative estimate of drug-likeness (QED) is 0.164. The number of carbonyl (C=O) groups excluding carboxylic acids is 4. The van der Waals surface area contributed by atoms with Crippen molar-refractivity contribution in [1.82, 2.24) is 4.90 Å². The molecule has 4 atom stereocenters. The van der Waals surface area contributed by atoms with Crippen molar-refractivity contribution < 1.29 is 39.6 Å². The van der Waals surface area contributed by atoms with Gasteiger partial charge in [-0.15, -0.1) is 0 Å². The third kappa shape index (κ3) is 3.58. The summed E-state index contributed by atoms with van der Waals surface area (Å²) in [5, 5.41) is 47.4. The number of rotatable bonds is 7. The minimum absolute atomic E-state index is 0.00144. The Kier molecular flexibility index (Phi) is 6.74. The van der Waals surface area contributed by atoms with Crippen LogP contribution in [0.3, 0.4) is 0 Å². The van der Waals surface area contributed by atoms with Crippen LogP contribution in [0.5, 0.6) is 5.75 Å². The number of Topliss-reactive ketones (excluding diaryl/α,β-unsaturated/α-hetero) is 2. The summed E-state index contributed by atoms with van der Waals surface area (Å²) in [6.07, 6.45) is 0.533. The Balaban J connectivity index is 2.02. The van der Waals surface area contributed by atoms with Crippen molar-refractivity contribution in [2.24, 2.45) is 17.6 Å². The van der Waals surface area contributed by atoms with Gasteiger partial charge in [-0.1, -0.05) is 0 Å². The molecule has 0 aromatic heterocycles. The van der Waals surface area contributed by atoms with Crippen molar-refractivity contribution >= 4 is 41.0 Å². The van der Waals surface area contributed by atoms with Gasteiger partial charge in [-0.3, -0.25) is 24.1 Å². The maximum Gasteiger partial charge on any atom is 0.255 e. The molecule has 0 heterocycles. The van der Waals surface area contributed by atoms with E-state index < -0.39 is 63.8 Å². The smallest absolute Gasteiger partial charge is 0.255 e. The molecule has 12 heteroatoms. The largest absolute Gasteiger partial charge is 0.508 e. The van der Waals surface area contributed by atoms with Gasteiger partial charge in [-0.2, -0.15) is 0 Å². The van der Waals surface area contributed by atoms with Gasteiger partial charge in [0.1, 0.15) is 22.8 Å². The zero-order valence-electron chi connectivity index (χ0n) is 21.6. The van der Waals surface area contributed by atoms with Gasteiger partial charge >= 0.3 is 0 Å². The van der Waals surface area contributed by atoms with Crippen LogP contribution in [0.1, 0.15) is 31.4 Å². The molecule has 1 aromatic rings. The maximum atomic E-state index is 13.9. The number of hydrogen-bond acceptors (Lipinski definition) is 10. The van der Waals surface area contributed by atoms with E-state index in [1.807, 2.05) is 18.7 Å². The van der Waals surface area contributed by atoms with Crippen LogP contribution in [0, 0.1) is 11.8 Å². The number of ketones is 2. The van der Waals surface area contributed by atoms with Crippen LogP contribution in [-0.2, 0) is 25.6 Å². The first-order valence-electron chi connectivity index (χ1n) is 12.3. The second-order valence-corrected chi connectivity index (χ2v) is 10.0. The van der Waals surface area contributed by atoms with Crippen molar-refractivity contribution in [3.8, 4) is 5.75 Å². The Morgan fingerprint density at radius 1 is 1.21 bits per heavy atom. The van der Waals surface area contributed by atoms with E-state index in [1.165, 1.54) is 4.90 Å². The first-order valence-corrected chi connectivity index (χ1v) is 12.3. The molecule has 2 unspecified atom stereocenters. The van der Waals surface area contributed by atoms with Crippen molar-refractivity contribution in [2.45, 2.75) is 38.3 Å². The van der Waals surface area contributed by atoms with Crippen molar-refractivity contribution in [3.05, 3.63) is 34.1 Å². The molecule has 3 aliphatic carbocycles. The van der Waals surface area contributed by atoms with Crippen molar-refractivity contribution in [3.63, 3.8) is 0 Å². The van der Waals surface area contributed by atoms with Crippen molar-refractivity contribution in [2.75, 3.05) is 37.4 Å². The fourth-order valence-electron chi connectivity index (χ4n) is 6.31. The molecule has 0 bridgehead atoms. The molecule has 1 aromatic carbocycles. The number of anilines is 2. The number of fused-ring (bicyclic) bond motifs is 3. The maximum absolute atomic E-state index is 13.9. The van der Waals surface area contributed by atoms with E-state index in [0.29, 0.717) is 30.8 Å². The van der Waals surface area contributed by atoms with E-state index in [1.54, 1.807) is 20.2 Å². The van der Waals surface area contributed by atoms with Crippen LogP contribution in [-0.4, -0.2) is 88.0 Å². The average molecular weight is 529 g/mol. The fourth-order valence-corrected chi connectivity index (χ4v) is 6.31. The predicted molar refractivity (Wildman–Crippen MR) is 137 cm³/mol. The molecule has 204 valence electrons. The van der Waals surface area contributed by atoms with Crippen LogP contribution >= 0.6 is 0 Å². The first-order chi connectivity index (χ1) is 17.9. The van der Waals surface area contributed by atoms with E-state index in [4.69, 9.17) is 5.73 Å². The summed E-state index contributed by atoms with van der Waals surface area (Å²) in [6.45, 7) is 4.99. The Hall–Kier alpha value is -3.90. The molecule has 7 N–H and O–H groups in total. The number of aromatic hydroxyl groups is 1. The van der Waals surface area contributed by atoms with E-state index in [2.05, 4.69) is 5.32 Å². The van der Waals surface area contributed by atoms with E-state index in [-0.39, 0.29) is 29.7 Å². The number of nitrogens with two attached hydrogens (primary N) is 1. The topological polar surface area (TPSA) is 194 Å². The lowest BCUT2D eigenvalue weighted by Crippen LogP contribution is -2.65. The van der Waals surface area contributed by atoms with Gasteiger partial charge in [0.05, 0.1) is 17.3 Å². The molecule has 12 nitrogen and oxygen atoms in total. The minimum atomic E-state index is -2.71. The minimum Gasteiger partial charge on any atom is -0.508 e. The first kappa shape index (κ1) is 27.1. The zero-order chi connectivity index (χ0) is 28.3. The lowest BCUT2D eigenvalue weighted by Gasteiger charge is -2.50. The number of benzene rings is 1. The molecule has 4 rings (SSSR count). The van der Waals surface area contributed by atoms with E-state index >= 15 is 0 Å². The predicted octanol–water partition coefficient (Wildman–Crippen LogP) is 0.379. The highest BCUT2D eigenvalue weighted by Gasteiger charge is 2.64. The summed E-state index contributed by atoms with van der Waals surface area (Å²) in [7, 11) is 3.09. The number of likely N-dealkylation sites (N-methyl/N-ethyl adjacent to an activating group) is 1. The number of hydrogen-bond donors (Lipinski definition) is 6. The zero-order valence-corrected chi connectivity index (χ0v) is 21.6. The Morgan fingerprint density at radius 2 is 1.84 bits per heavy atom. The number of aliphatic hydroxyl groups excluding tert-OH is 2. The highest BCUT2D eigenvalue weighted by molar-refractivity contribution is 6.24. The average Bonchev–Trinajstić information content (AvgIpc) is 2.84. The van der Waals surface area contributed by atoms with Gasteiger partial charge in [0, 0.05) is 30.3 Å². The van der Waals surface area contributed by atoms with Gasteiger partial charge < -0.3 is 36.4 Å². The van der Waals surface area contributed by atoms with Crippen LogP contribution in [0.2, 0.25) is 0 Å². The molecule has 1 saturated carbocycles. The van der Waals surface area contributed by atoms with E-state index in [0.717, 1.165) is 0 Å². The molecular formula is C26H32N4O8. The van der Waals surface area contributed by atoms with Crippen LogP contribution in [0.4, 0.5) is 11.4 Å². The third-order valence-electron chi connectivity index (χ3n) is 8.02. The fraction of sp³-hybridized carbons (Fsp3) is 0.462. The van der Waals surface area contributed by atoms with Gasteiger partial charge in [-0.05, 0) is 58.3 Å². The van der Waals surface area contributed by atoms with E-state index in [9.17, 15) is 39.6 Å². The van der Waals surface area contributed by atoms with Crippen LogP contribution < -0.4 is 16.0 Å². The van der Waals surface area contributed by atoms with Crippen LogP contribution in [0.25, 0.3) is 5.76 Å². The number of phenols is 1. The molecule has 3 aliphatic rings. The number of nitrogens with one attached hydrogen (secondary N) is 1. The van der Waals surface area contributed by atoms with Gasteiger partial charge in [0.25, 0.3) is 5.91 Å². The molecule has 0 spiro atoms. The summed E-state index contributed by atoms with van der Waals surface area (Å²) >= 11 is 0. The normalized spacial score (nSPS) is 26.6. The molecule has 1 fully saturated rings. The lowest BCUT2D eigenvalue weighted by molar-refractivity contribution is -0.153. The van der Waals surface area contributed by atoms with Gasteiger partial charge in [0.15, 0.2) is 11.4 Å². The van der Waals surface area contributed by atoms with Crippen molar-refractivity contribution in [1.29, 1.82) is 0 Å². The second kappa shape index (κ2) is 9.44. The summed E-state index contributed by atoms with van der Waals surface area (Å²) < 4.78 is 0. The number of carbonyl (C=O) groups is 4. The molecule has 2 amide bonds.